The Labute approximate surface area is 149 Å². The quantitative estimate of drug-likeness (QED) is 0.658. The van der Waals surface area contributed by atoms with Crippen LogP contribution in [0.25, 0.3) is 11.1 Å². The molecule has 1 heterocycles. The summed E-state index contributed by atoms with van der Waals surface area (Å²) < 4.78 is 36.9. The predicted molar refractivity (Wildman–Crippen MR) is 94.4 cm³/mol. The number of aromatic nitrogens is 1. The number of oxazole rings is 1. The van der Waals surface area contributed by atoms with Gasteiger partial charge in [0.15, 0.2) is 5.58 Å². The Morgan fingerprint density at radius 2 is 1.92 bits per heavy atom. The van der Waals surface area contributed by atoms with Crippen LogP contribution in [-0.2, 0) is 19.6 Å². The molecule has 9 heteroatoms. The van der Waals surface area contributed by atoms with Crippen molar-refractivity contribution in [1.29, 1.82) is 0 Å². The van der Waals surface area contributed by atoms with Crippen LogP contribution in [0.4, 0.5) is 5.69 Å². The van der Waals surface area contributed by atoms with Crippen molar-refractivity contribution in [1.82, 2.24) is 4.98 Å². The number of carbonyl (C=O) groups excluding carboxylic acids is 1. The summed E-state index contributed by atoms with van der Waals surface area (Å²) in [5.74, 6) is -1.19. The van der Waals surface area contributed by atoms with E-state index in [2.05, 4.69) is 9.72 Å². The molecule has 3 rings (SSSR count). The number of carbonyl (C=O) groups is 1. The van der Waals surface area contributed by atoms with Crippen molar-refractivity contribution in [2.75, 3.05) is 18.0 Å². The SMILES string of the molecule is COC(=O)CCN(c1ccccc1)S(=O)(=O)c1ccc2[nH]c(=O)oc2c1. The molecular weight excluding hydrogens is 360 g/mol. The molecule has 0 aliphatic heterocycles. The number of aromatic amines is 1. The molecule has 2 aromatic carbocycles. The maximum atomic E-state index is 13.1. The lowest BCUT2D eigenvalue weighted by Gasteiger charge is -2.24. The first-order chi connectivity index (χ1) is 12.4. The Balaban J connectivity index is 2.04. The highest BCUT2D eigenvalue weighted by molar-refractivity contribution is 7.92. The van der Waals surface area contributed by atoms with Crippen molar-refractivity contribution in [3.05, 3.63) is 59.1 Å². The summed E-state index contributed by atoms with van der Waals surface area (Å²) in [4.78, 5) is 25.2. The van der Waals surface area contributed by atoms with Gasteiger partial charge in [-0.05, 0) is 24.3 Å². The summed E-state index contributed by atoms with van der Waals surface area (Å²) in [5.41, 5.74) is 0.943. The van der Waals surface area contributed by atoms with Crippen molar-refractivity contribution in [3.8, 4) is 0 Å². The highest BCUT2D eigenvalue weighted by atomic mass is 32.2. The van der Waals surface area contributed by atoms with Gasteiger partial charge in [0, 0.05) is 12.6 Å². The maximum Gasteiger partial charge on any atom is 0.417 e. The van der Waals surface area contributed by atoms with Crippen LogP contribution < -0.4 is 10.1 Å². The van der Waals surface area contributed by atoms with E-state index in [1.54, 1.807) is 30.3 Å². The summed E-state index contributed by atoms with van der Waals surface area (Å²) in [5, 5.41) is 0. The highest BCUT2D eigenvalue weighted by Crippen LogP contribution is 2.25. The van der Waals surface area contributed by atoms with Crippen molar-refractivity contribution >= 4 is 32.8 Å². The molecule has 0 radical (unpaired) electrons. The molecule has 1 aromatic heterocycles. The van der Waals surface area contributed by atoms with E-state index in [9.17, 15) is 18.0 Å². The number of para-hydroxylation sites is 1. The molecule has 0 atom stereocenters. The van der Waals surface area contributed by atoms with Gasteiger partial charge in [-0.15, -0.1) is 0 Å². The number of hydrogen-bond donors (Lipinski definition) is 1. The van der Waals surface area contributed by atoms with E-state index in [1.165, 1.54) is 25.3 Å². The number of nitrogens with one attached hydrogen (secondary N) is 1. The number of rotatable bonds is 6. The third-order valence-electron chi connectivity index (χ3n) is 3.77. The molecule has 1 N–H and O–H groups in total. The Morgan fingerprint density at radius 1 is 1.19 bits per heavy atom. The first-order valence-corrected chi connectivity index (χ1v) is 9.13. The molecule has 0 unspecified atom stereocenters. The van der Waals surface area contributed by atoms with Crippen molar-refractivity contribution in [3.63, 3.8) is 0 Å². The number of hydrogen-bond acceptors (Lipinski definition) is 6. The average Bonchev–Trinajstić information content (AvgIpc) is 3.01. The molecule has 8 nitrogen and oxygen atoms in total. The largest absolute Gasteiger partial charge is 0.469 e. The van der Waals surface area contributed by atoms with E-state index >= 15 is 0 Å². The minimum Gasteiger partial charge on any atom is -0.469 e. The van der Waals surface area contributed by atoms with Crippen LogP contribution in [0, 0.1) is 0 Å². The third kappa shape index (κ3) is 3.47. The van der Waals surface area contributed by atoms with Crippen molar-refractivity contribution in [2.45, 2.75) is 11.3 Å². The van der Waals surface area contributed by atoms with Crippen LogP contribution in [0.15, 0.2) is 62.6 Å². The Kier molecular flexibility index (Phi) is 4.81. The van der Waals surface area contributed by atoms with Gasteiger partial charge in [-0.3, -0.25) is 14.1 Å². The molecular formula is C17H16N2O6S. The number of benzene rings is 2. The summed E-state index contributed by atoms with van der Waals surface area (Å²) in [6.45, 7) is -0.0891. The molecule has 0 amide bonds. The molecule has 3 aromatic rings. The number of fused-ring (bicyclic) bond motifs is 1. The summed E-state index contributed by atoms with van der Waals surface area (Å²) in [6.07, 6.45) is -0.105. The molecule has 0 fully saturated rings. The predicted octanol–water partition coefficient (Wildman–Crippen LogP) is 1.88. The molecule has 0 aliphatic rings. The summed E-state index contributed by atoms with van der Waals surface area (Å²) in [7, 11) is -2.75. The zero-order valence-electron chi connectivity index (χ0n) is 13.8. The van der Waals surface area contributed by atoms with Gasteiger partial charge in [0.1, 0.15) is 0 Å². The Hall–Kier alpha value is -3.07. The number of anilines is 1. The molecule has 0 bridgehead atoms. The maximum absolute atomic E-state index is 13.1. The molecule has 0 saturated heterocycles. The van der Waals surface area contributed by atoms with E-state index in [4.69, 9.17) is 4.42 Å². The normalized spacial score (nSPS) is 11.4. The summed E-state index contributed by atoms with van der Waals surface area (Å²) >= 11 is 0. The fourth-order valence-electron chi connectivity index (χ4n) is 2.49. The Morgan fingerprint density at radius 3 is 2.62 bits per heavy atom. The lowest BCUT2D eigenvalue weighted by atomic mass is 10.3. The van der Waals surface area contributed by atoms with Gasteiger partial charge in [-0.1, -0.05) is 18.2 Å². The second kappa shape index (κ2) is 7.04. The smallest absolute Gasteiger partial charge is 0.417 e. The molecule has 26 heavy (non-hydrogen) atoms. The lowest BCUT2D eigenvalue weighted by molar-refractivity contribution is -0.140. The van der Waals surface area contributed by atoms with Gasteiger partial charge in [0.05, 0.1) is 29.6 Å². The van der Waals surface area contributed by atoms with E-state index in [0.717, 1.165) is 4.31 Å². The zero-order valence-corrected chi connectivity index (χ0v) is 14.7. The summed E-state index contributed by atoms with van der Waals surface area (Å²) in [6, 6.07) is 12.5. The molecule has 0 saturated carbocycles. The molecule has 136 valence electrons. The van der Waals surface area contributed by atoms with Crippen LogP contribution in [0.5, 0.6) is 0 Å². The number of methoxy groups -OCH3 is 1. The van der Waals surface area contributed by atoms with Crippen LogP contribution in [0.3, 0.4) is 0 Å². The topological polar surface area (TPSA) is 110 Å². The average molecular weight is 376 g/mol. The Bertz CT molecular complexity index is 1090. The minimum atomic E-state index is -3.99. The van der Waals surface area contributed by atoms with Gasteiger partial charge in [-0.25, -0.2) is 13.2 Å². The van der Waals surface area contributed by atoms with E-state index in [1.807, 2.05) is 0 Å². The molecule has 0 spiro atoms. The second-order valence-electron chi connectivity index (χ2n) is 5.41. The van der Waals surface area contributed by atoms with Crippen molar-refractivity contribution < 1.29 is 22.4 Å². The molecule has 0 aliphatic carbocycles. The number of H-pyrrole nitrogens is 1. The first-order valence-electron chi connectivity index (χ1n) is 7.69. The van der Waals surface area contributed by atoms with Gasteiger partial charge in [0.25, 0.3) is 10.0 Å². The lowest BCUT2D eigenvalue weighted by Crippen LogP contribution is -2.33. The number of esters is 1. The first kappa shape index (κ1) is 17.7. The standard InChI is InChI=1S/C17H16N2O6S/c1-24-16(20)9-10-19(12-5-3-2-4-6-12)26(22,23)13-7-8-14-15(11-13)25-17(21)18-14/h2-8,11H,9-10H2,1H3,(H,18,21). The van der Waals surface area contributed by atoms with Crippen LogP contribution >= 0.6 is 0 Å². The van der Waals surface area contributed by atoms with E-state index in [0.29, 0.717) is 11.2 Å². The van der Waals surface area contributed by atoms with Gasteiger partial charge in [0.2, 0.25) is 0 Å². The third-order valence-corrected chi connectivity index (χ3v) is 5.59. The second-order valence-corrected chi connectivity index (χ2v) is 7.27. The van der Waals surface area contributed by atoms with Gasteiger partial charge < -0.3 is 9.15 Å². The fourth-order valence-corrected chi connectivity index (χ4v) is 3.97. The number of ether oxygens (including phenoxy) is 1. The van der Waals surface area contributed by atoms with Crippen LogP contribution in [0.2, 0.25) is 0 Å². The van der Waals surface area contributed by atoms with E-state index < -0.39 is 21.7 Å². The fraction of sp³-hybridized carbons (Fsp3) is 0.176. The monoisotopic (exact) mass is 376 g/mol. The minimum absolute atomic E-state index is 0.0542. The van der Waals surface area contributed by atoms with Gasteiger partial charge >= 0.3 is 11.7 Å². The highest BCUT2D eigenvalue weighted by Gasteiger charge is 2.26. The van der Waals surface area contributed by atoms with E-state index in [-0.39, 0.29) is 23.4 Å². The van der Waals surface area contributed by atoms with Crippen LogP contribution in [0.1, 0.15) is 6.42 Å². The van der Waals surface area contributed by atoms with Crippen molar-refractivity contribution in [2.24, 2.45) is 0 Å². The number of nitrogens with zero attached hydrogens (tertiary/aromatic N) is 1. The van der Waals surface area contributed by atoms with Gasteiger partial charge in [-0.2, -0.15) is 0 Å². The van der Waals surface area contributed by atoms with Crippen LogP contribution in [-0.4, -0.2) is 33.0 Å². The zero-order chi connectivity index (χ0) is 18.7. The number of sulfonamides is 1.